The minimum absolute atomic E-state index is 0.0274. The predicted molar refractivity (Wildman–Crippen MR) is 93.7 cm³/mol. The van der Waals surface area contributed by atoms with E-state index in [0.29, 0.717) is 38.3 Å². The number of hydrogen-bond acceptors (Lipinski definition) is 2. The van der Waals surface area contributed by atoms with Gasteiger partial charge in [-0.3, -0.25) is 9.69 Å². The minimum Gasteiger partial charge on any atom is -0.337 e. The van der Waals surface area contributed by atoms with E-state index in [-0.39, 0.29) is 5.91 Å². The van der Waals surface area contributed by atoms with Gasteiger partial charge in [-0.1, -0.05) is 30.3 Å². The second kappa shape index (κ2) is 8.03. The molecule has 1 fully saturated rings. The maximum atomic E-state index is 13.7. The molecule has 0 unspecified atom stereocenters. The summed E-state index contributed by atoms with van der Waals surface area (Å²) in [5, 5.41) is 0. The van der Waals surface area contributed by atoms with Crippen LogP contribution in [0.15, 0.2) is 54.6 Å². The smallest absolute Gasteiger partial charge is 0.246 e. The van der Waals surface area contributed by atoms with E-state index in [0.717, 1.165) is 17.7 Å². The molecule has 1 heterocycles. The molecule has 1 amide bonds. The number of halogens is 2. The van der Waals surface area contributed by atoms with Gasteiger partial charge in [-0.15, -0.1) is 0 Å². The lowest BCUT2D eigenvalue weighted by Gasteiger charge is -2.34. The Kier molecular flexibility index (Phi) is 5.56. The topological polar surface area (TPSA) is 23.6 Å². The molecule has 130 valence electrons. The number of nitrogens with zero attached hydrogens (tertiary/aromatic N) is 2. The molecule has 0 atom stereocenters. The molecule has 5 heteroatoms. The lowest BCUT2D eigenvalue weighted by atomic mass is 10.1. The zero-order chi connectivity index (χ0) is 17.6. The van der Waals surface area contributed by atoms with Crippen LogP contribution in [0.2, 0.25) is 0 Å². The lowest BCUT2D eigenvalue weighted by molar-refractivity contribution is -0.127. The van der Waals surface area contributed by atoms with Crippen molar-refractivity contribution in [2.75, 3.05) is 26.2 Å². The van der Waals surface area contributed by atoms with E-state index < -0.39 is 11.6 Å². The van der Waals surface area contributed by atoms with Crippen LogP contribution in [0, 0.1) is 11.6 Å². The summed E-state index contributed by atoms with van der Waals surface area (Å²) in [6.07, 6.45) is 3.38. The van der Waals surface area contributed by atoms with Crippen LogP contribution in [0.1, 0.15) is 11.1 Å². The first-order valence-corrected chi connectivity index (χ1v) is 8.30. The molecular formula is C20H20F2N2O. The summed E-state index contributed by atoms with van der Waals surface area (Å²) in [4.78, 5) is 16.1. The highest BCUT2D eigenvalue weighted by atomic mass is 19.1. The average molecular weight is 342 g/mol. The highest BCUT2D eigenvalue weighted by molar-refractivity contribution is 5.91. The first-order valence-electron chi connectivity index (χ1n) is 8.30. The Morgan fingerprint density at radius 2 is 1.72 bits per heavy atom. The Morgan fingerprint density at radius 3 is 2.44 bits per heavy atom. The van der Waals surface area contributed by atoms with Crippen molar-refractivity contribution in [1.82, 2.24) is 9.80 Å². The number of amides is 1. The maximum Gasteiger partial charge on any atom is 0.246 e. The summed E-state index contributed by atoms with van der Waals surface area (Å²) in [6, 6.07) is 13.2. The van der Waals surface area contributed by atoms with Gasteiger partial charge in [0.15, 0.2) is 0 Å². The maximum absolute atomic E-state index is 13.7. The molecule has 0 N–H and O–H groups in total. The molecule has 2 aromatic carbocycles. The van der Waals surface area contributed by atoms with Gasteiger partial charge in [0.25, 0.3) is 0 Å². The van der Waals surface area contributed by atoms with E-state index in [4.69, 9.17) is 0 Å². The second-order valence-corrected chi connectivity index (χ2v) is 6.08. The molecule has 1 aliphatic rings. The molecular weight excluding hydrogens is 322 g/mol. The van der Waals surface area contributed by atoms with Gasteiger partial charge in [-0.05, 0) is 29.8 Å². The van der Waals surface area contributed by atoms with Crippen LogP contribution in [0.4, 0.5) is 8.78 Å². The summed E-state index contributed by atoms with van der Waals surface area (Å²) in [5.41, 5.74) is 1.33. The van der Waals surface area contributed by atoms with Crippen LogP contribution < -0.4 is 0 Å². The van der Waals surface area contributed by atoms with Crippen LogP contribution in [0.5, 0.6) is 0 Å². The fourth-order valence-corrected chi connectivity index (χ4v) is 2.87. The van der Waals surface area contributed by atoms with Crippen LogP contribution in [-0.4, -0.2) is 41.9 Å². The monoisotopic (exact) mass is 342 g/mol. The number of hydrogen-bond donors (Lipinski definition) is 0. The first-order chi connectivity index (χ1) is 12.1. The van der Waals surface area contributed by atoms with E-state index >= 15 is 0 Å². The second-order valence-electron chi connectivity index (χ2n) is 6.08. The van der Waals surface area contributed by atoms with Gasteiger partial charge in [0.1, 0.15) is 11.6 Å². The van der Waals surface area contributed by atoms with E-state index in [1.165, 1.54) is 6.07 Å². The molecule has 0 saturated carbocycles. The summed E-state index contributed by atoms with van der Waals surface area (Å²) in [6.45, 7) is 2.79. The number of carbonyl (C=O) groups is 1. The fraction of sp³-hybridized carbons (Fsp3) is 0.250. The van der Waals surface area contributed by atoms with Gasteiger partial charge in [0.05, 0.1) is 0 Å². The molecule has 0 bridgehead atoms. The van der Waals surface area contributed by atoms with E-state index in [9.17, 15) is 13.6 Å². The standard InChI is InChI=1S/C20H20F2N2O/c21-18-7-8-19(22)17(14-18)15-23-10-12-24(13-11-23)20(25)9-6-16-4-2-1-3-5-16/h1-9,14H,10-13,15H2/b9-6+. The van der Waals surface area contributed by atoms with Gasteiger partial charge in [0.2, 0.25) is 5.91 Å². The van der Waals surface area contributed by atoms with Crippen LogP contribution in [0.3, 0.4) is 0 Å². The molecule has 3 nitrogen and oxygen atoms in total. The van der Waals surface area contributed by atoms with Crippen molar-refractivity contribution >= 4 is 12.0 Å². The SMILES string of the molecule is O=C(/C=C/c1ccccc1)N1CCN(Cc2cc(F)ccc2F)CC1. The molecule has 3 rings (SSSR count). The molecule has 0 spiro atoms. The van der Waals surface area contributed by atoms with Crippen molar-refractivity contribution < 1.29 is 13.6 Å². The van der Waals surface area contributed by atoms with Gasteiger partial charge in [0, 0.05) is 44.4 Å². The van der Waals surface area contributed by atoms with Gasteiger partial charge >= 0.3 is 0 Å². The fourth-order valence-electron chi connectivity index (χ4n) is 2.87. The third-order valence-electron chi connectivity index (χ3n) is 4.30. The number of rotatable bonds is 4. The molecule has 1 aliphatic heterocycles. The van der Waals surface area contributed by atoms with Crippen molar-refractivity contribution in [3.05, 3.63) is 77.4 Å². The average Bonchev–Trinajstić information content (AvgIpc) is 2.64. The van der Waals surface area contributed by atoms with Crippen LogP contribution in [0.25, 0.3) is 6.08 Å². The summed E-state index contributed by atoms with van der Waals surface area (Å²) in [5.74, 6) is -0.859. The zero-order valence-electron chi connectivity index (χ0n) is 13.9. The van der Waals surface area contributed by atoms with Gasteiger partial charge in [-0.2, -0.15) is 0 Å². The van der Waals surface area contributed by atoms with Gasteiger partial charge in [-0.25, -0.2) is 8.78 Å². The van der Waals surface area contributed by atoms with E-state index in [1.54, 1.807) is 17.1 Å². The number of piperazine rings is 1. The molecule has 0 aromatic heterocycles. The molecule has 0 aliphatic carbocycles. The Hall–Kier alpha value is -2.53. The summed E-state index contributed by atoms with van der Waals surface area (Å²) >= 11 is 0. The largest absolute Gasteiger partial charge is 0.337 e. The minimum atomic E-state index is -0.434. The third-order valence-corrected chi connectivity index (χ3v) is 4.30. The third kappa shape index (κ3) is 4.73. The van der Waals surface area contributed by atoms with Gasteiger partial charge < -0.3 is 4.90 Å². The quantitative estimate of drug-likeness (QED) is 0.796. The highest BCUT2D eigenvalue weighted by Crippen LogP contribution is 2.14. The molecule has 1 saturated heterocycles. The van der Waals surface area contributed by atoms with Crippen LogP contribution in [-0.2, 0) is 11.3 Å². The lowest BCUT2D eigenvalue weighted by Crippen LogP contribution is -2.47. The first kappa shape index (κ1) is 17.3. The predicted octanol–water partition coefficient (Wildman–Crippen LogP) is 3.32. The van der Waals surface area contributed by atoms with Crippen molar-refractivity contribution in [2.24, 2.45) is 0 Å². The van der Waals surface area contributed by atoms with E-state index in [2.05, 4.69) is 0 Å². The molecule has 25 heavy (non-hydrogen) atoms. The number of carbonyl (C=O) groups excluding carboxylic acids is 1. The van der Waals surface area contributed by atoms with Crippen molar-refractivity contribution in [3.63, 3.8) is 0 Å². The Balaban J connectivity index is 1.52. The number of benzene rings is 2. The summed E-state index contributed by atoms with van der Waals surface area (Å²) < 4.78 is 27.0. The normalized spacial score (nSPS) is 15.7. The Morgan fingerprint density at radius 1 is 1.00 bits per heavy atom. The molecule has 0 radical (unpaired) electrons. The molecule has 2 aromatic rings. The Bertz CT molecular complexity index is 754. The zero-order valence-corrected chi connectivity index (χ0v) is 13.9. The van der Waals surface area contributed by atoms with Crippen molar-refractivity contribution in [3.8, 4) is 0 Å². The van der Waals surface area contributed by atoms with Crippen LogP contribution >= 0.6 is 0 Å². The Labute approximate surface area is 146 Å². The van der Waals surface area contributed by atoms with Crippen molar-refractivity contribution in [1.29, 1.82) is 0 Å². The summed E-state index contributed by atoms with van der Waals surface area (Å²) in [7, 11) is 0. The van der Waals surface area contributed by atoms with E-state index in [1.807, 2.05) is 35.2 Å². The highest BCUT2D eigenvalue weighted by Gasteiger charge is 2.20. The van der Waals surface area contributed by atoms with Crippen molar-refractivity contribution in [2.45, 2.75) is 6.54 Å².